The van der Waals surface area contributed by atoms with Crippen LogP contribution in [-0.4, -0.2) is 10.9 Å². The average molecular weight is 279 g/mol. The summed E-state index contributed by atoms with van der Waals surface area (Å²) < 4.78 is 13.2. The van der Waals surface area contributed by atoms with Gasteiger partial charge in [0, 0.05) is 17.3 Å². The van der Waals surface area contributed by atoms with E-state index in [4.69, 9.17) is 5.73 Å². The predicted octanol–water partition coefficient (Wildman–Crippen LogP) is 2.75. The Bertz CT molecular complexity index is 571. The second-order valence-electron chi connectivity index (χ2n) is 4.04. The van der Waals surface area contributed by atoms with E-state index in [-0.39, 0.29) is 23.2 Å². The largest absolute Gasteiger partial charge is 0.398 e. The number of carbonyl (C=O) groups excluding carboxylic acids is 1. The summed E-state index contributed by atoms with van der Waals surface area (Å²) >= 11 is 1.47. The first-order valence-corrected chi connectivity index (χ1v) is 6.75. The van der Waals surface area contributed by atoms with Gasteiger partial charge in [0.15, 0.2) is 0 Å². The molecule has 6 heteroatoms. The van der Waals surface area contributed by atoms with Crippen molar-refractivity contribution in [2.45, 2.75) is 19.4 Å². The van der Waals surface area contributed by atoms with Crippen LogP contribution in [0.2, 0.25) is 0 Å². The fourth-order valence-corrected chi connectivity index (χ4v) is 2.48. The van der Waals surface area contributed by atoms with Crippen molar-refractivity contribution < 1.29 is 9.18 Å². The molecule has 0 aliphatic rings. The molecule has 0 bridgehead atoms. The van der Waals surface area contributed by atoms with Gasteiger partial charge in [-0.25, -0.2) is 9.37 Å². The van der Waals surface area contributed by atoms with E-state index in [2.05, 4.69) is 10.3 Å². The quantitative estimate of drug-likeness (QED) is 0.846. The van der Waals surface area contributed by atoms with Crippen LogP contribution in [0.5, 0.6) is 0 Å². The van der Waals surface area contributed by atoms with Crippen LogP contribution in [0.1, 0.15) is 34.8 Å². The standard InChI is InChI=1S/C13H14FN3OS/c1-2-11(13-16-5-6-19-13)17-12(18)9-7-8(14)3-4-10(9)15/h3-7,11H,2,15H2,1H3,(H,17,18). The Morgan fingerprint density at radius 3 is 3.00 bits per heavy atom. The SMILES string of the molecule is CCC(NC(=O)c1cc(F)ccc1N)c1nccs1. The van der Waals surface area contributed by atoms with Gasteiger partial charge in [-0.15, -0.1) is 11.3 Å². The monoisotopic (exact) mass is 279 g/mol. The zero-order valence-electron chi connectivity index (χ0n) is 10.4. The lowest BCUT2D eigenvalue weighted by atomic mass is 10.1. The summed E-state index contributed by atoms with van der Waals surface area (Å²) in [5.41, 5.74) is 6.09. The fourth-order valence-electron chi connectivity index (χ4n) is 1.71. The van der Waals surface area contributed by atoms with Gasteiger partial charge >= 0.3 is 0 Å². The van der Waals surface area contributed by atoms with Crippen molar-refractivity contribution in [3.63, 3.8) is 0 Å². The van der Waals surface area contributed by atoms with Gasteiger partial charge in [0.1, 0.15) is 10.8 Å². The highest BCUT2D eigenvalue weighted by Crippen LogP contribution is 2.20. The number of aromatic nitrogens is 1. The van der Waals surface area contributed by atoms with Crippen LogP contribution in [0, 0.1) is 5.82 Å². The van der Waals surface area contributed by atoms with E-state index in [1.807, 2.05) is 12.3 Å². The number of nitrogens with one attached hydrogen (secondary N) is 1. The highest BCUT2D eigenvalue weighted by atomic mass is 32.1. The molecular formula is C13H14FN3OS. The van der Waals surface area contributed by atoms with Gasteiger partial charge in [0.25, 0.3) is 5.91 Å². The molecule has 1 aromatic heterocycles. The molecule has 0 spiro atoms. The zero-order valence-corrected chi connectivity index (χ0v) is 11.2. The van der Waals surface area contributed by atoms with E-state index in [1.165, 1.54) is 23.5 Å². The molecule has 1 aromatic carbocycles. The highest BCUT2D eigenvalue weighted by Gasteiger charge is 2.18. The van der Waals surface area contributed by atoms with Crippen molar-refractivity contribution in [3.8, 4) is 0 Å². The van der Waals surface area contributed by atoms with Gasteiger partial charge in [0.2, 0.25) is 0 Å². The molecule has 19 heavy (non-hydrogen) atoms. The second kappa shape index (κ2) is 5.79. The van der Waals surface area contributed by atoms with E-state index in [0.29, 0.717) is 6.42 Å². The van der Waals surface area contributed by atoms with Crippen LogP contribution >= 0.6 is 11.3 Å². The van der Waals surface area contributed by atoms with Gasteiger partial charge in [0.05, 0.1) is 11.6 Å². The molecule has 3 N–H and O–H groups in total. The van der Waals surface area contributed by atoms with E-state index < -0.39 is 5.82 Å². The summed E-state index contributed by atoms with van der Waals surface area (Å²) in [5.74, 6) is -0.874. The number of hydrogen-bond donors (Lipinski definition) is 2. The third-order valence-electron chi connectivity index (χ3n) is 2.72. The molecule has 0 aliphatic carbocycles. The number of anilines is 1. The van der Waals surface area contributed by atoms with Crippen LogP contribution in [0.4, 0.5) is 10.1 Å². The molecule has 1 atom stereocenters. The van der Waals surface area contributed by atoms with Gasteiger partial charge in [-0.1, -0.05) is 6.92 Å². The first-order chi connectivity index (χ1) is 9.11. The normalized spacial score (nSPS) is 12.1. The number of nitrogen functional groups attached to an aromatic ring is 1. The average Bonchev–Trinajstić information content (AvgIpc) is 2.92. The highest BCUT2D eigenvalue weighted by molar-refractivity contribution is 7.09. The number of thiazole rings is 1. The van der Waals surface area contributed by atoms with Crippen molar-refractivity contribution in [3.05, 3.63) is 46.2 Å². The van der Waals surface area contributed by atoms with Gasteiger partial charge < -0.3 is 11.1 Å². The Hall–Kier alpha value is -1.95. The van der Waals surface area contributed by atoms with Crippen molar-refractivity contribution in [2.24, 2.45) is 0 Å². The summed E-state index contributed by atoms with van der Waals surface area (Å²) in [5, 5.41) is 5.49. The first kappa shape index (κ1) is 13.5. The minimum Gasteiger partial charge on any atom is -0.398 e. The first-order valence-electron chi connectivity index (χ1n) is 5.87. The third kappa shape index (κ3) is 3.08. The molecule has 0 radical (unpaired) electrons. The van der Waals surface area contributed by atoms with E-state index >= 15 is 0 Å². The molecule has 0 saturated carbocycles. The minimum atomic E-state index is -0.485. The lowest BCUT2D eigenvalue weighted by Crippen LogP contribution is -2.28. The number of rotatable bonds is 4. The van der Waals surface area contributed by atoms with Crippen LogP contribution in [-0.2, 0) is 0 Å². The van der Waals surface area contributed by atoms with Crippen molar-refractivity contribution in [1.82, 2.24) is 10.3 Å². The molecule has 0 aliphatic heterocycles. The minimum absolute atomic E-state index is 0.148. The summed E-state index contributed by atoms with van der Waals surface area (Å²) in [6.45, 7) is 1.95. The zero-order chi connectivity index (χ0) is 13.8. The molecule has 2 rings (SSSR count). The van der Waals surface area contributed by atoms with E-state index in [9.17, 15) is 9.18 Å². The maximum absolute atomic E-state index is 13.2. The lowest BCUT2D eigenvalue weighted by molar-refractivity contribution is 0.0936. The number of carbonyl (C=O) groups is 1. The molecule has 4 nitrogen and oxygen atoms in total. The molecule has 1 unspecified atom stereocenters. The van der Waals surface area contributed by atoms with Crippen LogP contribution in [0.25, 0.3) is 0 Å². The van der Waals surface area contributed by atoms with E-state index in [1.54, 1.807) is 6.20 Å². The summed E-state index contributed by atoms with van der Waals surface area (Å²) in [7, 11) is 0. The third-order valence-corrected chi connectivity index (χ3v) is 3.61. The Kier molecular flexibility index (Phi) is 4.11. The molecule has 0 saturated heterocycles. The van der Waals surface area contributed by atoms with Gasteiger partial charge in [-0.2, -0.15) is 0 Å². The smallest absolute Gasteiger partial charge is 0.254 e. The number of amides is 1. The summed E-state index contributed by atoms with van der Waals surface area (Å²) in [6, 6.07) is 3.56. The lowest BCUT2D eigenvalue weighted by Gasteiger charge is -2.15. The molecule has 0 fully saturated rings. The Balaban J connectivity index is 2.18. The van der Waals surface area contributed by atoms with Crippen molar-refractivity contribution in [2.75, 3.05) is 5.73 Å². The predicted molar refractivity (Wildman–Crippen MR) is 73.4 cm³/mol. The molecule has 1 heterocycles. The number of halogens is 1. The van der Waals surface area contributed by atoms with Crippen LogP contribution in [0.3, 0.4) is 0 Å². The van der Waals surface area contributed by atoms with Gasteiger partial charge in [-0.3, -0.25) is 4.79 Å². The Morgan fingerprint density at radius 1 is 1.58 bits per heavy atom. The van der Waals surface area contributed by atoms with Crippen molar-refractivity contribution >= 4 is 22.9 Å². The summed E-state index contributed by atoms with van der Waals surface area (Å²) in [6.07, 6.45) is 2.39. The van der Waals surface area contributed by atoms with E-state index in [0.717, 1.165) is 11.1 Å². The van der Waals surface area contributed by atoms with Gasteiger partial charge in [-0.05, 0) is 24.6 Å². The fraction of sp³-hybridized carbons (Fsp3) is 0.231. The van der Waals surface area contributed by atoms with Crippen molar-refractivity contribution in [1.29, 1.82) is 0 Å². The second-order valence-corrected chi connectivity index (χ2v) is 4.96. The summed E-state index contributed by atoms with van der Waals surface area (Å²) in [4.78, 5) is 16.3. The Morgan fingerprint density at radius 2 is 2.37 bits per heavy atom. The Labute approximate surface area is 114 Å². The number of benzene rings is 1. The maximum Gasteiger partial charge on any atom is 0.254 e. The molecular weight excluding hydrogens is 265 g/mol. The molecule has 100 valence electrons. The number of nitrogens with two attached hydrogens (primary N) is 1. The number of hydrogen-bond acceptors (Lipinski definition) is 4. The number of nitrogens with zero attached hydrogens (tertiary/aromatic N) is 1. The van der Waals surface area contributed by atoms with Crippen LogP contribution < -0.4 is 11.1 Å². The molecule has 1 amide bonds. The van der Waals surface area contributed by atoms with Crippen LogP contribution in [0.15, 0.2) is 29.8 Å². The maximum atomic E-state index is 13.2. The molecule has 2 aromatic rings. The topological polar surface area (TPSA) is 68.0 Å².